The molecule has 1 aromatic rings. The standard InChI is InChI=1S/C14H19N3O4/c1-15-12(18)9-17(2)14(21)16-8-11(13(19)20)10-6-4-3-5-7-10/h3-7,11H,8-9H2,1-2H3,(H,15,18)(H,16,21)(H,19,20). The zero-order valence-corrected chi connectivity index (χ0v) is 12.0. The van der Waals surface area contributed by atoms with Gasteiger partial charge in [0.15, 0.2) is 0 Å². The highest BCUT2D eigenvalue weighted by Crippen LogP contribution is 2.14. The van der Waals surface area contributed by atoms with Crippen molar-refractivity contribution in [1.29, 1.82) is 0 Å². The van der Waals surface area contributed by atoms with Gasteiger partial charge in [-0.1, -0.05) is 30.3 Å². The number of carbonyl (C=O) groups is 3. The molecule has 0 saturated heterocycles. The van der Waals surface area contributed by atoms with E-state index in [1.807, 2.05) is 0 Å². The summed E-state index contributed by atoms with van der Waals surface area (Å²) in [6, 6.07) is 8.16. The van der Waals surface area contributed by atoms with Crippen LogP contribution in [0.25, 0.3) is 0 Å². The largest absolute Gasteiger partial charge is 0.481 e. The maximum absolute atomic E-state index is 11.8. The van der Waals surface area contributed by atoms with Crippen molar-refractivity contribution in [2.24, 2.45) is 0 Å². The number of rotatable bonds is 6. The smallest absolute Gasteiger partial charge is 0.317 e. The quantitative estimate of drug-likeness (QED) is 0.699. The van der Waals surface area contributed by atoms with Crippen LogP contribution in [0.1, 0.15) is 11.5 Å². The number of aliphatic carboxylic acids is 1. The summed E-state index contributed by atoms with van der Waals surface area (Å²) in [5.74, 6) is -2.15. The van der Waals surface area contributed by atoms with E-state index in [1.165, 1.54) is 19.0 Å². The van der Waals surface area contributed by atoms with Gasteiger partial charge < -0.3 is 20.6 Å². The Kier molecular flexibility index (Phi) is 6.19. The van der Waals surface area contributed by atoms with E-state index in [0.29, 0.717) is 5.56 Å². The van der Waals surface area contributed by atoms with Crippen LogP contribution < -0.4 is 10.6 Å². The van der Waals surface area contributed by atoms with Gasteiger partial charge in [-0.25, -0.2) is 4.79 Å². The molecule has 0 aliphatic carbocycles. The van der Waals surface area contributed by atoms with Crippen molar-refractivity contribution in [2.45, 2.75) is 5.92 Å². The fourth-order valence-corrected chi connectivity index (χ4v) is 1.72. The van der Waals surface area contributed by atoms with Gasteiger partial charge in [0.2, 0.25) is 5.91 Å². The Morgan fingerprint density at radius 2 is 1.86 bits per heavy atom. The van der Waals surface area contributed by atoms with Crippen LogP contribution in [-0.4, -0.2) is 55.1 Å². The minimum atomic E-state index is -1.02. The number of amides is 3. The number of likely N-dealkylation sites (N-methyl/N-ethyl adjacent to an activating group) is 2. The van der Waals surface area contributed by atoms with Crippen LogP contribution in [0.5, 0.6) is 0 Å². The monoisotopic (exact) mass is 293 g/mol. The summed E-state index contributed by atoms with van der Waals surface area (Å²) in [6.45, 7) is -0.137. The fraction of sp³-hybridized carbons (Fsp3) is 0.357. The van der Waals surface area contributed by atoms with Crippen LogP contribution in [0.15, 0.2) is 30.3 Å². The second-order valence-electron chi connectivity index (χ2n) is 4.52. The number of hydrogen-bond acceptors (Lipinski definition) is 3. The van der Waals surface area contributed by atoms with Crippen molar-refractivity contribution in [3.63, 3.8) is 0 Å². The van der Waals surface area contributed by atoms with E-state index in [1.54, 1.807) is 30.3 Å². The summed E-state index contributed by atoms with van der Waals surface area (Å²) in [5.41, 5.74) is 0.610. The molecule has 0 bridgehead atoms. The van der Waals surface area contributed by atoms with E-state index in [0.717, 1.165) is 0 Å². The van der Waals surface area contributed by atoms with Crippen LogP contribution in [-0.2, 0) is 9.59 Å². The number of nitrogens with zero attached hydrogens (tertiary/aromatic N) is 1. The van der Waals surface area contributed by atoms with E-state index in [9.17, 15) is 19.5 Å². The molecule has 0 saturated carbocycles. The molecule has 7 nitrogen and oxygen atoms in total. The fourth-order valence-electron chi connectivity index (χ4n) is 1.72. The number of carboxylic acids is 1. The second kappa shape index (κ2) is 7.88. The molecule has 0 fully saturated rings. The highest BCUT2D eigenvalue weighted by atomic mass is 16.4. The first-order chi connectivity index (χ1) is 9.95. The number of nitrogens with one attached hydrogen (secondary N) is 2. The van der Waals surface area contributed by atoms with Gasteiger partial charge in [0.05, 0.1) is 5.92 Å². The van der Waals surface area contributed by atoms with Gasteiger partial charge in [-0.2, -0.15) is 0 Å². The number of hydrogen-bond donors (Lipinski definition) is 3. The molecular weight excluding hydrogens is 274 g/mol. The van der Waals surface area contributed by atoms with Crippen molar-refractivity contribution >= 4 is 17.9 Å². The number of benzene rings is 1. The Morgan fingerprint density at radius 1 is 1.24 bits per heavy atom. The first kappa shape index (κ1) is 16.5. The van der Waals surface area contributed by atoms with E-state index >= 15 is 0 Å². The van der Waals surface area contributed by atoms with Crippen molar-refractivity contribution in [2.75, 3.05) is 27.2 Å². The van der Waals surface area contributed by atoms with Crippen LogP contribution in [0.4, 0.5) is 4.79 Å². The summed E-state index contributed by atoms with van der Waals surface area (Å²) < 4.78 is 0. The second-order valence-corrected chi connectivity index (χ2v) is 4.52. The lowest BCUT2D eigenvalue weighted by molar-refractivity contribution is -0.138. The molecule has 1 aromatic carbocycles. The van der Waals surface area contributed by atoms with Crippen LogP contribution in [0.2, 0.25) is 0 Å². The number of carboxylic acid groups (broad SMARTS) is 1. The van der Waals surface area contributed by atoms with E-state index in [-0.39, 0.29) is 19.0 Å². The summed E-state index contributed by atoms with van der Waals surface area (Å²) in [4.78, 5) is 35.4. The zero-order chi connectivity index (χ0) is 15.8. The molecule has 3 amide bonds. The normalized spacial score (nSPS) is 11.3. The lowest BCUT2D eigenvalue weighted by atomic mass is 9.99. The molecule has 1 rings (SSSR count). The summed E-state index contributed by atoms with van der Waals surface area (Å²) in [5, 5.41) is 14.2. The molecule has 114 valence electrons. The zero-order valence-electron chi connectivity index (χ0n) is 12.0. The highest BCUT2D eigenvalue weighted by Gasteiger charge is 2.21. The average Bonchev–Trinajstić information content (AvgIpc) is 2.47. The molecular formula is C14H19N3O4. The lowest BCUT2D eigenvalue weighted by Crippen LogP contribution is -2.44. The maximum Gasteiger partial charge on any atom is 0.317 e. The van der Waals surface area contributed by atoms with Crippen molar-refractivity contribution < 1.29 is 19.5 Å². The molecule has 0 aromatic heterocycles. The first-order valence-electron chi connectivity index (χ1n) is 6.43. The number of carbonyl (C=O) groups excluding carboxylic acids is 2. The molecule has 7 heteroatoms. The van der Waals surface area contributed by atoms with Crippen molar-refractivity contribution in [3.8, 4) is 0 Å². The Bertz CT molecular complexity index is 504. The molecule has 0 aliphatic heterocycles. The summed E-state index contributed by atoms with van der Waals surface area (Å²) in [7, 11) is 2.94. The molecule has 3 N–H and O–H groups in total. The van der Waals surface area contributed by atoms with Gasteiger partial charge in [0, 0.05) is 20.6 Å². The Morgan fingerprint density at radius 3 is 2.38 bits per heavy atom. The maximum atomic E-state index is 11.8. The van der Waals surface area contributed by atoms with Crippen LogP contribution in [0, 0.1) is 0 Å². The molecule has 0 spiro atoms. The lowest BCUT2D eigenvalue weighted by Gasteiger charge is -2.19. The molecule has 0 radical (unpaired) electrons. The van der Waals surface area contributed by atoms with Crippen molar-refractivity contribution in [3.05, 3.63) is 35.9 Å². The predicted molar refractivity (Wildman–Crippen MR) is 76.9 cm³/mol. The van der Waals surface area contributed by atoms with Gasteiger partial charge >= 0.3 is 12.0 Å². The number of urea groups is 1. The third kappa shape index (κ3) is 5.13. The first-order valence-corrected chi connectivity index (χ1v) is 6.43. The topological polar surface area (TPSA) is 98.7 Å². The summed E-state index contributed by atoms with van der Waals surface area (Å²) in [6.07, 6.45) is 0. The van der Waals surface area contributed by atoms with Crippen LogP contribution >= 0.6 is 0 Å². The van der Waals surface area contributed by atoms with Crippen molar-refractivity contribution in [1.82, 2.24) is 15.5 Å². The Balaban J connectivity index is 2.60. The Hall–Kier alpha value is -2.57. The third-order valence-corrected chi connectivity index (χ3v) is 2.96. The van der Waals surface area contributed by atoms with E-state index in [4.69, 9.17) is 0 Å². The molecule has 1 atom stereocenters. The Labute approximate surface area is 122 Å². The van der Waals surface area contributed by atoms with Gasteiger partial charge in [-0.05, 0) is 5.56 Å². The van der Waals surface area contributed by atoms with E-state index < -0.39 is 17.9 Å². The highest BCUT2D eigenvalue weighted by molar-refractivity contribution is 5.84. The molecule has 0 heterocycles. The van der Waals surface area contributed by atoms with Gasteiger partial charge in [-0.15, -0.1) is 0 Å². The average molecular weight is 293 g/mol. The molecule has 0 aliphatic rings. The minimum absolute atomic E-state index is 0.0454. The minimum Gasteiger partial charge on any atom is -0.481 e. The molecule has 21 heavy (non-hydrogen) atoms. The summed E-state index contributed by atoms with van der Waals surface area (Å²) >= 11 is 0. The third-order valence-electron chi connectivity index (χ3n) is 2.96. The SMILES string of the molecule is CNC(=O)CN(C)C(=O)NCC(C(=O)O)c1ccccc1. The predicted octanol–water partition coefficient (Wildman–Crippen LogP) is 0.242. The molecule has 1 unspecified atom stereocenters. The van der Waals surface area contributed by atoms with E-state index in [2.05, 4.69) is 10.6 Å². The van der Waals surface area contributed by atoms with Gasteiger partial charge in [-0.3, -0.25) is 9.59 Å². The van der Waals surface area contributed by atoms with Gasteiger partial charge in [0.1, 0.15) is 6.54 Å². The van der Waals surface area contributed by atoms with Crippen LogP contribution in [0.3, 0.4) is 0 Å². The van der Waals surface area contributed by atoms with Gasteiger partial charge in [0.25, 0.3) is 0 Å².